The third-order valence-electron chi connectivity index (χ3n) is 3.22. The maximum absolute atomic E-state index is 11.5. The number of anilines is 1. The lowest BCUT2D eigenvalue weighted by atomic mass is 10.1. The highest BCUT2D eigenvalue weighted by Crippen LogP contribution is 2.20. The quantitative estimate of drug-likeness (QED) is 0.905. The van der Waals surface area contributed by atoms with Crippen molar-refractivity contribution in [3.8, 4) is 12.1 Å². The van der Waals surface area contributed by atoms with Crippen LogP contribution in [0.1, 0.15) is 27.0 Å². The van der Waals surface area contributed by atoms with Crippen molar-refractivity contribution in [2.24, 2.45) is 0 Å². The van der Waals surface area contributed by atoms with Crippen molar-refractivity contribution in [1.29, 1.82) is 10.5 Å². The summed E-state index contributed by atoms with van der Waals surface area (Å²) < 4.78 is 0. The first-order valence-electron chi connectivity index (χ1n) is 6.67. The summed E-state index contributed by atoms with van der Waals surface area (Å²) in [5.74, 6) is -0.138. The molecule has 2 N–H and O–H groups in total. The third-order valence-corrected chi connectivity index (χ3v) is 3.22. The van der Waals surface area contributed by atoms with E-state index < -0.39 is 0 Å². The number of carbonyl (C=O) groups is 1. The number of nitrogens with zero attached hydrogens (tertiary/aromatic N) is 2. The van der Waals surface area contributed by atoms with Crippen molar-refractivity contribution in [3.63, 3.8) is 0 Å². The van der Waals surface area contributed by atoms with Crippen molar-refractivity contribution < 1.29 is 4.79 Å². The maximum atomic E-state index is 11.5. The van der Waals surface area contributed by atoms with Gasteiger partial charge in [0.2, 0.25) is 0 Å². The Hall–Kier alpha value is -3.31. The summed E-state index contributed by atoms with van der Waals surface area (Å²) in [4.78, 5) is 11.5. The molecule has 0 aliphatic heterocycles. The molecule has 0 bridgehead atoms. The summed E-state index contributed by atoms with van der Waals surface area (Å²) >= 11 is 0. The molecule has 0 saturated heterocycles. The van der Waals surface area contributed by atoms with Gasteiger partial charge >= 0.3 is 0 Å². The largest absolute Gasteiger partial charge is 0.379 e. The second kappa shape index (κ2) is 6.92. The molecule has 5 nitrogen and oxygen atoms in total. The molecule has 2 aromatic rings. The molecule has 0 radical (unpaired) electrons. The van der Waals surface area contributed by atoms with Gasteiger partial charge < -0.3 is 10.6 Å². The third kappa shape index (κ3) is 3.23. The smallest absolute Gasteiger partial charge is 0.251 e. The van der Waals surface area contributed by atoms with Gasteiger partial charge in [0.15, 0.2) is 0 Å². The first-order chi connectivity index (χ1) is 10.7. The number of nitriles is 2. The second-order valence-corrected chi connectivity index (χ2v) is 4.58. The summed E-state index contributed by atoms with van der Waals surface area (Å²) in [5, 5.41) is 23.9. The molecule has 22 heavy (non-hydrogen) atoms. The highest BCUT2D eigenvalue weighted by atomic mass is 16.1. The molecule has 0 heterocycles. The van der Waals surface area contributed by atoms with E-state index in [4.69, 9.17) is 10.5 Å². The van der Waals surface area contributed by atoms with Crippen LogP contribution in [0.2, 0.25) is 0 Å². The Morgan fingerprint density at radius 3 is 2.14 bits per heavy atom. The maximum Gasteiger partial charge on any atom is 0.251 e. The van der Waals surface area contributed by atoms with Crippen LogP contribution >= 0.6 is 0 Å². The SMILES string of the molecule is CNC(=O)c1ccc(CNc2c(C#N)cccc2C#N)cc1. The number of hydrogen-bond acceptors (Lipinski definition) is 4. The average Bonchev–Trinajstić information content (AvgIpc) is 2.59. The predicted octanol–water partition coefficient (Wildman–Crippen LogP) is 2.40. The van der Waals surface area contributed by atoms with E-state index in [1.54, 1.807) is 37.4 Å². The van der Waals surface area contributed by atoms with Crippen LogP contribution in [0, 0.1) is 22.7 Å². The standard InChI is InChI=1S/C17H14N4O/c1-20-17(22)13-7-5-12(6-8-13)11-21-16-14(9-18)3-2-4-15(16)10-19/h2-8,21H,11H2,1H3,(H,20,22). The summed E-state index contributed by atoms with van der Waals surface area (Å²) in [7, 11) is 1.58. The molecular weight excluding hydrogens is 276 g/mol. The molecule has 0 aromatic heterocycles. The predicted molar refractivity (Wildman–Crippen MR) is 83.0 cm³/mol. The van der Waals surface area contributed by atoms with E-state index in [1.165, 1.54) is 0 Å². The molecule has 0 unspecified atom stereocenters. The van der Waals surface area contributed by atoms with Crippen LogP contribution in [0.4, 0.5) is 5.69 Å². The molecule has 0 aliphatic carbocycles. The van der Waals surface area contributed by atoms with E-state index in [0.29, 0.717) is 28.9 Å². The topological polar surface area (TPSA) is 88.7 Å². The van der Waals surface area contributed by atoms with Crippen LogP contribution < -0.4 is 10.6 Å². The van der Waals surface area contributed by atoms with E-state index >= 15 is 0 Å². The lowest BCUT2D eigenvalue weighted by Gasteiger charge is -2.10. The molecule has 0 aliphatic rings. The number of para-hydroxylation sites is 1. The zero-order chi connectivity index (χ0) is 15.9. The van der Waals surface area contributed by atoms with Crippen LogP contribution in [0.15, 0.2) is 42.5 Å². The Bertz CT molecular complexity index is 734. The lowest BCUT2D eigenvalue weighted by Crippen LogP contribution is -2.17. The van der Waals surface area contributed by atoms with Crippen LogP contribution in [0.5, 0.6) is 0 Å². The van der Waals surface area contributed by atoms with Gasteiger partial charge in [0, 0.05) is 19.2 Å². The number of nitrogens with one attached hydrogen (secondary N) is 2. The molecule has 2 aromatic carbocycles. The monoisotopic (exact) mass is 290 g/mol. The second-order valence-electron chi connectivity index (χ2n) is 4.58. The first-order valence-corrected chi connectivity index (χ1v) is 6.67. The summed E-state index contributed by atoms with van der Waals surface area (Å²) in [5.41, 5.74) is 2.93. The number of benzene rings is 2. The van der Waals surface area contributed by atoms with Crippen molar-refractivity contribution >= 4 is 11.6 Å². The summed E-state index contributed by atoms with van der Waals surface area (Å²) in [6.45, 7) is 0.460. The Morgan fingerprint density at radius 2 is 1.64 bits per heavy atom. The zero-order valence-electron chi connectivity index (χ0n) is 12.1. The van der Waals surface area contributed by atoms with E-state index in [2.05, 4.69) is 22.8 Å². The molecule has 0 saturated carbocycles. The van der Waals surface area contributed by atoms with Gasteiger partial charge in [-0.25, -0.2) is 0 Å². The Kier molecular flexibility index (Phi) is 4.74. The van der Waals surface area contributed by atoms with Gasteiger partial charge in [-0.15, -0.1) is 0 Å². The zero-order valence-corrected chi connectivity index (χ0v) is 12.1. The van der Waals surface area contributed by atoms with Crippen molar-refractivity contribution in [3.05, 3.63) is 64.7 Å². The Labute approximate surface area is 128 Å². The molecule has 0 fully saturated rings. The van der Waals surface area contributed by atoms with Gasteiger partial charge in [-0.1, -0.05) is 18.2 Å². The normalized spacial score (nSPS) is 9.41. The lowest BCUT2D eigenvalue weighted by molar-refractivity contribution is 0.0963. The highest BCUT2D eigenvalue weighted by molar-refractivity contribution is 5.93. The summed E-state index contributed by atoms with van der Waals surface area (Å²) in [6.07, 6.45) is 0. The highest BCUT2D eigenvalue weighted by Gasteiger charge is 2.08. The minimum atomic E-state index is -0.138. The fourth-order valence-corrected chi connectivity index (χ4v) is 2.04. The van der Waals surface area contributed by atoms with Crippen LogP contribution in [-0.2, 0) is 6.54 Å². The number of hydrogen-bond donors (Lipinski definition) is 2. The van der Waals surface area contributed by atoms with Gasteiger partial charge in [0.05, 0.1) is 16.8 Å². The van der Waals surface area contributed by atoms with Gasteiger partial charge in [0.1, 0.15) is 12.1 Å². The molecule has 0 spiro atoms. The summed E-state index contributed by atoms with van der Waals surface area (Å²) in [6, 6.07) is 16.3. The fourth-order valence-electron chi connectivity index (χ4n) is 2.04. The molecule has 1 amide bonds. The van der Waals surface area contributed by atoms with Crippen LogP contribution in [-0.4, -0.2) is 13.0 Å². The Morgan fingerprint density at radius 1 is 1.05 bits per heavy atom. The van der Waals surface area contributed by atoms with Crippen LogP contribution in [0.3, 0.4) is 0 Å². The van der Waals surface area contributed by atoms with Crippen LogP contribution in [0.25, 0.3) is 0 Å². The molecule has 108 valence electrons. The van der Waals surface area contributed by atoms with E-state index in [1.807, 2.05) is 12.1 Å². The van der Waals surface area contributed by atoms with Crippen molar-refractivity contribution in [1.82, 2.24) is 5.32 Å². The first kappa shape index (κ1) is 15.1. The molecule has 0 atom stereocenters. The number of rotatable bonds is 4. The minimum absolute atomic E-state index is 0.138. The van der Waals surface area contributed by atoms with Crippen molar-refractivity contribution in [2.75, 3.05) is 12.4 Å². The Balaban J connectivity index is 2.16. The van der Waals surface area contributed by atoms with Crippen molar-refractivity contribution in [2.45, 2.75) is 6.54 Å². The van der Waals surface area contributed by atoms with Gasteiger partial charge in [0.25, 0.3) is 5.91 Å². The number of carbonyl (C=O) groups excluding carboxylic acids is 1. The van der Waals surface area contributed by atoms with E-state index in [9.17, 15) is 4.79 Å². The van der Waals surface area contributed by atoms with E-state index in [0.717, 1.165) is 5.56 Å². The minimum Gasteiger partial charge on any atom is -0.379 e. The van der Waals surface area contributed by atoms with Gasteiger partial charge in [-0.05, 0) is 29.8 Å². The fraction of sp³-hybridized carbons (Fsp3) is 0.118. The average molecular weight is 290 g/mol. The molecule has 2 rings (SSSR count). The molecule has 5 heteroatoms. The molecular formula is C17H14N4O. The number of amides is 1. The van der Waals surface area contributed by atoms with E-state index in [-0.39, 0.29) is 5.91 Å². The van der Waals surface area contributed by atoms with Gasteiger partial charge in [-0.3, -0.25) is 4.79 Å². The van der Waals surface area contributed by atoms with Gasteiger partial charge in [-0.2, -0.15) is 10.5 Å².